The Hall–Kier alpha value is -3.09. The standard InChI is InChI=1S/C18H19N5O2/c24-13-22-7-9-23(10-8-22)18-20-16-6-2-1-5-15(16)17(21-18)19-12-14-4-3-11-25-14/h1-6,11,13H,7-10,12H2,(H,19,20,21). The van der Waals surface area contributed by atoms with Crippen molar-refractivity contribution in [2.45, 2.75) is 6.54 Å². The fourth-order valence-electron chi connectivity index (χ4n) is 2.95. The number of furan rings is 1. The second-order valence-electron chi connectivity index (χ2n) is 5.95. The molecule has 1 aliphatic heterocycles. The lowest BCUT2D eigenvalue weighted by Gasteiger charge is -2.32. The van der Waals surface area contributed by atoms with E-state index in [4.69, 9.17) is 14.4 Å². The molecule has 2 aromatic heterocycles. The molecule has 0 spiro atoms. The minimum atomic E-state index is 0.562. The summed E-state index contributed by atoms with van der Waals surface area (Å²) in [5.74, 6) is 2.32. The Kier molecular flexibility index (Phi) is 4.20. The van der Waals surface area contributed by atoms with Crippen molar-refractivity contribution in [3.8, 4) is 0 Å². The molecule has 3 heterocycles. The highest BCUT2D eigenvalue weighted by Gasteiger charge is 2.19. The van der Waals surface area contributed by atoms with Gasteiger partial charge in [-0.25, -0.2) is 4.98 Å². The van der Waals surface area contributed by atoms with E-state index >= 15 is 0 Å². The summed E-state index contributed by atoms with van der Waals surface area (Å²) in [6.07, 6.45) is 2.56. The smallest absolute Gasteiger partial charge is 0.228 e. The van der Waals surface area contributed by atoms with Crippen molar-refractivity contribution in [1.82, 2.24) is 14.9 Å². The van der Waals surface area contributed by atoms with Gasteiger partial charge in [0.15, 0.2) is 0 Å². The number of benzene rings is 1. The number of hydrogen-bond acceptors (Lipinski definition) is 6. The number of amides is 1. The fourth-order valence-corrected chi connectivity index (χ4v) is 2.95. The molecular formula is C18H19N5O2. The monoisotopic (exact) mass is 337 g/mol. The lowest BCUT2D eigenvalue weighted by molar-refractivity contribution is -0.118. The molecule has 0 atom stereocenters. The van der Waals surface area contributed by atoms with E-state index in [1.54, 1.807) is 11.2 Å². The maximum absolute atomic E-state index is 10.9. The van der Waals surface area contributed by atoms with Gasteiger partial charge in [0.1, 0.15) is 11.6 Å². The number of hydrogen-bond donors (Lipinski definition) is 1. The summed E-state index contributed by atoms with van der Waals surface area (Å²) in [4.78, 5) is 24.2. The van der Waals surface area contributed by atoms with Crippen molar-refractivity contribution < 1.29 is 9.21 Å². The zero-order valence-electron chi connectivity index (χ0n) is 13.8. The third kappa shape index (κ3) is 3.26. The van der Waals surface area contributed by atoms with Gasteiger partial charge in [0.05, 0.1) is 18.3 Å². The van der Waals surface area contributed by atoms with Gasteiger partial charge in [0.2, 0.25) is 12.4 Å². The topological polar surface area (TPSA) is 74.5 Å². The van der Waals surface area contributed by atoms with Crippen LogP contribution < -0.4 is 10.2 Å². The van der Waals surface area contributed by atoms with Crippen LogP contribution in [0.15, 0.2) is 47.1 Å². The quantitative estimate of drug-likeness (QED) is 0.719. The Morgan fingerprint density at radius 3 is 2.68 bits per heavy atom. The maximum Gasteiger partial charge on any atom is 0.228 e. The number of fused-ring (bicyclic) bond motifs is 1. The molecule has 128 valence electrons. The molecule has 1 saturated heterocycles. The third-order valence-electron chi connectivity index (χ3n) is 4.35. The SMILES string of the molecule is O=CN1CCN(c2nc(NCc3ccco3)c3ccccc3n2)CC1. The second-order valence-corrected chi connectivity index (χ2v) is 5.95. The summed E-state index contributed by atoms with van der Waals surface area (Å²) >= 11 is 0. The van der Waals surface area contributed by atoms with Crippen LogP contribution in [0.2, 0.25) is 0 Å². The molecule has 1 N–H and O–H groups in total. The molecule has 4 rings (SSSR count). The summed E-state index contributed by atoms with van der Waals surface area (Å²) in [7, 11) is 0. The molecule has 0 unspecified atom stereocenters. The first-order chi connectivity index (χ1) is 12.3. The maximum atomic E-state index is 10.9. The Morgan fingerprint density at radius 1 is 1.08 bits per heavy atom. The van der Waals surface area contributed by atoms with E-state index in [0.717, 1.165) is 42.0 Å². The molecule has 0 bridgehead atoms. The van der Waals surface area contributed by atoms with Crippen LogP contribution in [0, 0.1) is 0 Å². The molecule has 25 heavy (non-hydrogen) atoms. The number of rotatable bonds is 5. The number of carbonyl (C=O) groups excluding carboxylic acids is 1. The van der Waals surface area contributed by atoms with Crippen LogP contribution in [0.3, 0.4) is 0 Å². The number of anilines is 2. The van der Waals surface area contributed by atoms with E-state index in [1.807, 2.05) is 36.4 Å². The zero-order chi connectivity index (χ0) is 17.1. The predicted molar refractivity (Wildman–Crippen MR) is 95.4 cm³/mol. The molecule has 3 aromatic rings. The number of nitrogens with one attached hydrogen (secondary N) is 1. The lowest BCUT2D eigenvalue weighted by atomic mass is 10.2. The molecule has 1 aromatic carbocycles. The average Bonchev–Trinajstić information content (AvgIpc) is 3.19. The van der Waals surface area contributed by atoms with Crippen LogP contribution in [0.25, 0.3) is 10.9 Å². The largest absolute Gasteiger partial charge is 0.467 e. The number of aromatic nitrogens is 2. The van der Waals surface area contributed by atoms with Crippen LogP contribution in [-0.2, 0) is 11.3 Å². The van der Waals surface area contributed by atoms with Crippen LogP contribution in [-0.4, -0.2) is 47.5 Å². The summed E-state index contributed by atoms with van der Waals surface area (Å²) < 4.78 is 5.38. The normalized spacial score (nSPS) is 14.7. The van der Waals surface area contributed by atoms with Gasteiger partial charge in [0, 0.05) is 31.6 Å². The van der Waals surface area contributed by atoms with Gasteiger partial charge < -0.3 is 19.5 Å². The highest BCUT2D eigenvalue weighted by Crippen LogP contribution is 2.24. The van der Waals surface area contributed by atoms with E-state index in [0.29, 0.717) is 25.6 Å². The molecular weight excluding hydrogens is 318 g/mol. The number of nitrogens with zero attached hydrogens (tertiary/aromatic N) is 4. The van der Waals surface area contributed by atoms with Gasteiger partial charge in [-0.3, -0.25) is 4.79 Å². The third-order valence-corrected chi connectivity index (χ3v) is 4.35. The molecule has 0 radical (unpaired) electrons. The summed E-state index contributed by atoms with van der Waals surface area (Å²) in [5, 5.41) is 4.33. The first-order valence-electron chi connectivity index (χ1n) is 8.31. The van der Waals surface area contributed by atoms with Crippen LogP contribution in [0.1, 0.15) is 5.76 Å². The molecule has 7 heteroatoms. The van der Waals surface area contributed by atoms with Gasteiger partial charge in [-0.2, -0.15) is 4.98 Å². The fraction of sp³-hybridized carbons (Fsp3) is 0.278. The van der Waals surface area contributed by atoms with Crippen LogP contribution >= 0.6 is 0 Å². The van der Waals surface area contributed by atoms with Crippen LogP contribution in [0.4, 0.5) is 11.8 Å². The molecule has 0 saturated carbocycles. The van der Waals surface area contributed by atoms with E-state index < -0.39 is 0 Å². The van der Waals surface area contributed by atoms with Crippen molar-refractivity contribution in [2.75, 3.05) is 36.4 Å². The van der Waals surface area contributed by atoms with E-state index in [9.17, 15) is 4.79 Å². The highest BCUT2D eigenvalue weighted by molar-refractivity contribution is 5.90. The van der Waals surface area contributed by atoms with Crippen molar-refractivity contribution in [3.63, 3.8) is 0 Å². The Labute approximate surface area is 145 Å². The highest BCUT2D eigenvalue weighted by atomic mass is 16.3. The van der Waals surface area contributed by atoms with Crippen molar-refractivity contribution >= 4 is 29.1 Å². The molecule has 1 aliphatic rings. The van der Waals surface area contributed by atoms with E-state index in [2.05, 4.69) is 10.2 Å². The van der Waals surface area contributed by atoms with Gasteiger partial charge >= 0.3 is 0 Å². The van der Waals surface area contributed by atoms with Crippen molar-refractivity contribution in [2.24, 2.45) is 0 Å². The van der Waals surface area contributed by atoms with Crippen molar-refractivity contribution in [1.29, 1.82) is 0 Å². The minimum Gasteiger partial charge on any atom is -0.467 e. The summed E-state index contributed by atoms with van der Waals surface area (Å²) in [5.41, 5.74) is 0.896. The summed E-state index contributed by atoms with van der Waals surface area (Å²) in [6.45, 7) is 3.40. The van der Waals surface area contributed by atoms with Crippen molar-refractivity contribution in [3.05, 3.63) is 48.4 Å². The summed E-state index contributed by atoms with van der Waals surface area (Å²) in [6, 6.07) is 11.7. The molecule has 7 nitrogen and oxygen atoms in total. The number of para-hydroxylation sites is 1. The Balaban J connectivity index is 1.62. The van der Waals surface area contributed by atoms with Crippen LogP contribution in [0.5, 0.6) is 0 Å². The van der Waals surface area contributed by atoms with Gasteiger partial charge in [0.25, 0.3) is 0 Å². The molecule has 0 aliphatic carbocycles. The first-order valence-corrected chi connectivity index (χ1v) is 8.31. The Bertz CT molecular complexity index is 857. The van der Waals surface area contributed by atoms with Gasteiger partial charge in [-0.15, -0.1) is 0 Å². The lowest BCUT2D eigenvalue weighted by Crippen LogP contribution is -2.46. The zero-order valence-corrected chi connectivity index (χ0v) is 13.8. The van der Waals surface area contributed by atoms with Gasteiger partial charge in [-0.1, -0.05) is 12.1 Å². The molecule has 1 fully saturated rings. The predicted octanol–water partition coefficient (Wildman–Crippen LogP) is 2.11. The first kappa shape index (κ1) is 15.4. The van der Waals surface area contributed by atoms with E-state index in [-0.39, 0.29) is 0 Å². The number of carbonyl (C=O) groups is 1. The minimum absolute atomic E-state index is 0.562. The van der Waals surface area contributed by atoms with Gasteiger partial charge in [-0.05, 0) is 24.3 Å². The van der Waals surface area contributed by atoms with E-state index in [1.165, 1.54) is 0 Å². The number of piperazine rings is 1. The second kappa shape index (κ2) is 6.80. The molecule has 1 amide bonds. The average molecular weight is 337 g/mol. The Morgan fingerprint density at radius 2 is 1.92 bits per heavy atom.